The third kappa shape index (κ3) is 3.62. The number of anilines is 1. The standard InChI is InChI=1S/C24H23FN4O3/c1-14(30)26-12-17-13-29(24(31)32-17)16-9-10-18-15(11-16)5-4-7-20-22(18)27-28-23(20)19-6-2-3-8-21(19)25/h2-3,6,8-11,17H,4-5,7,12-13H2,1H3,(H,26,30)(H,27,28). The first-order valence-electron chi connectivity index (χ1n) is 10.7. The number of benzene rings is 2. The summed E-state index contributed by atoms with van der Waals surface area (Å²) in [6, 6.07) is 12.6. The number of carbonyl (C=O) groups is 2. The van der Waals surface area contributed by atoms with E-state index in [1.54, 1.807) is 17.0 Å². The lowest BCUT2D eigenvalue weighted by molar-refractivity contribution is -0.119. The van der Waals surface area contributed by atoms with Gasteiger partial charge in [0.15, 0.2) is 0 Å². The normalized spacial score (nSPS) is 17.4. The van der Waals surface area contributed by atoms with E-state index in [9.17, 15) is 14.0 Å². The molecule has 0 spiro atoms. The summed E-state index contributed by atoms with van der Waals surface area (Å²) in [6.07, 6.45) is 1.70. The minimum atomic E-state index is -0.419. The molecule has 2 aromatic carbocycles. The number of nitrogens with one attached hydrogen (secondary N) is 2. The first-order chi connectivity index (χ1) is 15.5. The lowest BCUT2D eigenvalue weighted by Gasteiger charge is -2.16. The van der Waals surface area contributed by atoms with Crippen LogP contribution in [0.5, 0.6) is 0 Å². The quantitative estimate of drug-likeness (QED) is 0.653. The van der Waals surface area contributed by atoms with Gasteiger partial charge in [-0.25, -0.2) is 9.18 Å². The van der Waals surface area contributed by atoms with Crippen molar-refractivity contribution in [3.05, 3.63) is 59.4 Å². The molecular formula is C24H23FN4O3. The molecule has 164 valence electrons. The average Bonchev–Trinajstić information content (AvgIpc) is 3.31. The summed E-state index contributed by atoms with van der Waals surface area (Å²) in [5.41, 5.74) is 5.93. The predicted molar refractivity (Wildman–Crippen MR) is 118 cm³/mol. The molecule has 8 heteroatoms. The van der Waals surface area contributed by atoms with E-state index in [1.807, 2.05) is 24.3 Å². The molecule has 0 saturated carbocycles. The van der Waals surface area contributed by atoms with Crippen LogP contribution in [0.2, 0.25) is 0 Å². The van der Waals surface area contributed by atoms with Crippen molar-refractivity contribution >= 4 is 17.7 Å². The van der Waals surface area contributed by atoms with Crippen LogP contribution in [0.25, 0.3) is 22.5 Å². The lowest BCUT2D eigenvalue weighted by atomic mass is 9.99. The van der Waals surface area contributed by atoms with Crippen molar-refractivity contribution in [2.45, 2.75) is 32.3 Å². The molecule has 0 bridgehead atoms. The third-order valence-electron chi connectivity index (χ3n) is 5.99. The molecule has 2 heterocycles. The Balaban J connectivity index is 1.45. The van der Waals surface area contributed by atoms with Gasteiger partial charge in [0.05, 0.1) is 24.5 Å². The summed E-state index contributed by atoms with van der Waals surface area (Å²) < 4.78 is 19.8. The van der Waals surface area contributed by atoms with Crippen LogP contribution >= 0.6 is 0 Å². The number of cyclic esters (lactones) is 1. The topological polar surface area (TPSA) is 87.3 Å². The second-order valence-electron chi connectivity index (χ2n) is 8.15. The highest BCUT2D eigenvalue weighted by atomic mass is 19.1. The van der Waals surface area contributed by atoms with Crippen LogP contribution in [0.3, 0.4) is 0 Å². The van der Waals surface area contributed by atoms with Crippen molar-refractivity contribution in [3.8, 4) is 22.5 Å². The molecule has 2 amide bonds. The largest absolute Gasteiger partial charge is 0.442 e. The number of fused-ring (bicyclic) bond motifs is 3. The molecule has 2 N–H and O–H groups in total. The van der Waals surface area contributed by atoms with Gasteiger partial charge < -0.3 is 10.1 Å². The zero-order valence-electron chi connectivity index (χ0n) is 17.7. The zero-order valence-corrected chi connectivity index (χ0v) is 17.7. The van der Waals surface area contributed by atoms with Crippen LogP contribution < -0.4 is 10.2 Å². The Kier molecular flexibility index (Phi) is 5.13. The smallest absolute Gasteiger partial charge is 0.414 e. The molecule has 1 atom stereocenters. The van der Waals surface area contributed by atoms with E-state index in [4.69, 9.17) is 4.74 Å². The van der Waals surface area contributed by atoms with Crippen molar-refractivity contribution in [2.75, 3.05) is 18.0 Å². The van der Waals surface area contributed by atoms with E-state index < -0.39 is 6.09 Å². The fraction of sp³-hybridized carbons (Fsp3) is 0.292. The molecule has 1 aromatic heterocycles. The van der Waals surface area contributed by atoms with E-state index >= 15 is 0 Å². The Morgan fingerprint density at radius 2 is 2.09 bits per heavy atom. The monoisotopic (exact) mass is 434 g/mol. The Labute approximate surface area is 184 Å². The van der Waals surface area contributed by atoms with Gasteiger partial charge in [-0.3, -0.25) is 14.8 Å². The average molecular weight is 434 g/mol. The van der Waals surface area contributed by atoms with Crippen molar-refractivity contribution in [3.63, 3.8) is 0 Å². The number of ether oxygens (including phenoxy) is 1. The number of rotatable bonds is 4. The van der Waals surface area contributed by atoms with Gasteiger partial charge in [0, 0.05) is 29.3 Å². The van der Waals surface area contributed by atoms with Crippen molar-refractivity contribution in [1.29, 1.82) is 0 Å². The van der Waals surface area contributed by atoms with Gasteiger partial charge in [-0.2, -0.15) is 5.10 Å². The molecule has 1 unspecified atom stereocenters. The maximum atomic E-state index is 14.4. The third-order valence-corrected chi connectivity index (χ3v) is 5.99. The fourth-order valence-corrected chi connectivity index (χ4v) is 4.46. The van der Waals surface area contributed by atoms with Crippen molar-refractivity contribution in [1.82, 2.24) is 15.5 Å². The number of aromatic amines is 1. The SMILES string of the molecule is CC(=O)NCC1CN(c2ccc3c(c2)CCCc2c(-c4ccccc4F)n[nH]c2-3)C(=O)O1. The van der Waals surface area contributed by atoms with Crippen molar-refractivity contribution in [2.24, 2.45) is 0 Å². The van der Waals surface area contributed by atoms with Crippen LogP contribution in [0.1, 0.15) is 24.5 Å². The fourth-order valence-electron chi connectivity index (χ4n) is 4.46. The number of aromatic nitrogens is 2. The Bertz CT molecular complexity index is 1210. The number of H-pyrrole nitrogens is 1. The van der Waals surface area contributed by atoms with Gasteiger partial charge >= 0.3 is 6.09 Å². The second-order valence-corrected chi connectivity index (χ2v) is 8.15. The number of aryl methyl sites for hydroxylation is 1. The number of halogens is 1. The van der Waals surface area contributed by atoms with Gasteiger partial charge in [-0.1, -0.05) is 18.2 Å². The van der Waals surface area contributed by atoms with Gasteiger partial charge in [-0.15, -0.1) is 0 Å². The Hall–Kier alpha value is -3.68. The molecule has 2 aliphatic rings. The minimum Gasteiger partial charge on any atom is -0.442 e. The molecule has 3 aromatic rings. The molecule has 32 heavy (non-hydrogen) atoms. The Morgan fingerprint density at radius 3 is 2.91 bits per heavy atom. The maximum absolute atomic E-state index is 14.4. The molecule has 5 rings (SSSR count). The first-order valence-corrected chi connectivity index (χ1v) is 10.7. The van der Waals surface area contributed by atoms with Gasteiger partial charge in [0.25, 0.3) is 0 Å². The van der Waals surface area contributed by atoms with Crippen LogP contribution in [0, 0.1) is 5.82 Å². The van der Waals surface area contributed by atoms with E-state index in [0.29, 0.717) is 24.3 Å². The van der Waals surface area contributed by atoms with Crippen LogP contribution in [-0.2, 0) is 22.4 Å². The van der Waals surface area contributed by atoms with Crippen LogP contribution in [0.4, 0.5) is 14.9 Å². The van der Waals surface area contributed by atoms with Gasteiger partial charge in [0.1, 0.15) is 11.9 Å². The van der Waals surface area contributed by atoms with E-state index in [-0.39, 0.29) is 17.8 Å². The molecule has 1 fully saturated rings. The van der Waals surface area contributed by atoms with Crippen LogP contribution in [0.15, 0.2) is 42.5 Å². The number of carbonyl (C=O) groups excluding carboxylic acids is 2. The first kappa shape index (κ1) is 20.2. The molecular weight excluding hydrogens is 411 g/mol. The summed E-state index contributed by atoms with van der Waals surface area (Å²) in [5, 5.41) is 10.2. The molecule has 1 aliphatic heterocycles. The highest BCUT2D eigenvalue weighted by molar-refractivity contribution is 5.91. The predicted octanol–water partition coefficient (Wildman–Crippen LogP) is 3.83. The zero-order chi connectivity index (χ0) is 22.2. The van der Waals surface area contributed by atoms with E-state index in [0.717, 1.165) is 47.3 Å². The van der Waals surface area contributed by atoms with E-state index in [2.05, 4.69) is 15.5 Å². The second kappa shape index (κ2) is 8.11. The van der Waals surface area contributed by atoms with Gasteiger partial charge in [-0.05, 0) is 49.1 Å². The number of amides is 2. The highest BCUT2D eigenvalue weighted by Crippen LogP contribution is 2.38. The molecule has 0 radical (unpaired) electrons. The summed E-state index contributed by atoms with van der Waals surface area (Å²) in [5.74, 6) is -0.447. The number of nitrogens with zero attached hydrogens (tertiary/aromatic N) is 2. The Morgan fingerprint density at radius 1 is 1.25 bits per heavy atom. The number of hydrogen-bond acceptors (Lipinski definition) is 4. The summed E-state index contributed by atoms with van der Waals surface area (Å²) in [7, 11) is 0. The van der Waals surface area contributed by atoms with E-state index in [1.165, 1.54) is 13.0 Å². The molecule has 7 nitrogen and oxygen atoms in total. The molecule has 1 aliphatic carbocycles. The number of hydrogen-bond donors (Lipinski definition) is 2. The van der Waals surface area contributed by atoms with Crippen LogP contribution in [-0.4, -0.2) is 41.4 Å². The summed E-state index contributed by atoms with van der Waals surface area (Å²) in [4.78, 5) is 25.1. The van der Waals surface area contributed by atoms with Gasteiger partial charge in [0.2, 0.25) is 5.91 Å². The summed E-state index contributed by atoms with van der Waals surface area (Å²) in [6.45, 7) is 2.10. The highest BCUT2D eigenvalue weighted by Gasteiger charge is 2.33. The molecule has 1 saturated heterocycles. The lowest BCUT2D eigenvalue weighted by Crippen LogP contribution is -2.33. The minimum absolute atomic E-state index is 0.158. The summed E-state index contributed by atoms with van der Waals surface area (Å²) >= 11 is 0. The van der Waals surface area contributed by atoms with Crippen molar-refractivity contribution < 1.29 is 18.7 Å². The maximum Gasteiger partial charge on any atom is 0.414 e.